The van der Waals surface area contributed by atoms with Crippen LogP contribution in [0.2, 0.25) is 0 Å². The third-order valence-electron chi connectivity index (χ3n) is 6.56. The van der Waals surface area contributed by atoms with E-state index in [0.717, 1.165) is 53.2 Å². The molecule has 192 valence electrons. The summed E-state index contributed by atoms with van der Waals surface area (Å²) in [6, 6.07) is 15.4. The van der Waals surface area contributed by atoms with Crippen LogP contribution in [0.4, 0.5) is 5.00 Å². The Bertz CT molecular complexity index is 1660. The Morgan fingerprint density at radius 1 is 1.08 bits per heavy atom. The zero-order valence-electron chi connectivity index (χ0n) is 20.7. The molecule has 3 aromatic heterocycles. The summed E-state index contributed by atoms with van der Waals surface area (Å²) in [6.45, 7) is 2.09. The topological polar surface area (TPSA) is 110 Å². The molecule has 0 saturated carbocycles. The number of nitrogens with zero attached hydrogens (tertiary/aromatic N) is 3. The summed E-state index contributed by atoms with van der Waals surface area (Å²) >= 11 is 2.98. The summed E-state index contributed by atoms with van der Waals surface area (Å²) in [5, 5.41) is 13.8. The third-order valence-corrected chi connectivity index (χ3v) is 8.68. The SMILES string of the molecule is CCOC(=O)c1c(NC(=O)c2ccc(CSc3nnc4c(n3)[nH]c3ccccc34)cc2)sc2c1CCCC2. The molecule has 0 radical (unpaired) electrons. The summed E-state index contributed by atoms with van der Waals surface area (Å²) in [5.41, 5.74) is 5.57. The highest BCUT2D eigenvalue weighted by atomic mass is 32.2. The number of fused-ring (bicyclic) bond motifs is 4. The fraction of sp³-hybridized carbons (Fsp3) is 0.250. The fourth-order valence-corrected chi connectivity index (χ4v) is 6.73. The molecule has 2 aromatic carbocycles. The molecule has 0 unspecified atom stereocenters. The van der Waals surface area contributed by atoms with Crippen LogP contribution in [0.5, 0.6) is 0 Å². The predicted molar refractivity (Wildman–Crippen MR) is 150 cm³/mol. The number of ether oxygens (including phenoxy) is 1. The van der Waals surface area contributed by atoms with E-state index in [-0.39, 0.29) is 11.9 Å². The fourth-order valence-electron chi connectivity index (χ4n) is 4.72. The molecule has 8 nitrogen and oxygen atoms in total. The van der Waals surface area contributed by atoms with E-state index in [4.69, 9.17) is 4.74 Å². The van der Waals surface area contributed by atoms with Crippen LogP contribution in [0.15, 0.2) is 53.7 Å². The number of aromatic amines is 1. The first-order chi connectivity index (χ1) is 18.6. The Morgan fingerprint density at radius 2 is 1.89 bits per heavy atom. The van der Waals surface area contributed by atoms with E-state index in [2.05, 4.69) is 25.5 Å². The van der Waals surface area contributed by atoms with Gasteiger partial charge in [0, 0.05) is 27.1 Å². The number of para-hydroxylation sites is 1. The monoisotopic (exact) mass is 543 g/mol. The highest BCUT2D eigenvalue weighted by molar-refractivity contribution is 7.98. The zero-order valence-corrected chi connectivity index (χ0v) is 22.4. The lowest BCUT2D eigenvalue weighted by atomic mass is 9.95. The van der Waals surface area contributed by atoms with Crippen LogP contribution in [-0.2, 0) is 23.3 Å². The molecule has 6 rings (SSSR count). The van der Waals surface area contributed by atoms with E-state index in [0.29, 0.717) is 39.3 Å². The van der Waals surface area contributed by atoms with Crippen LogP contribution in [0.25, 0.3) is 22.1 Å². The number of thiophene rings is 1. The molecule has 0 aliphatic heterocycles. The lowest BCUT2D eigenvalue weighted by Gasteiger charge is -2.12. The van der Waals surface area contributed by atoms with Crippen molar-refractivity contribution in [2.45, 2.75) is 43.5 Å². The Hall–Kier alpha value is -3.76. The van der Waals surface area contributed by atoms with E-state index < -0.39 is 0 Å². The second-order valence-electron chi connectivity index (χ2n) is 9.04. The Morgan fingerprint density at radius 3 is 2.74 bits per heavy atom. The van der Waals surface area contributed by atoms with Gasteiger partial charge in [-0.25, -0.2) is 9.78 Å². The average Bonchev–Trinajstić information content (AvgIpc) is 3.49. The van der Waals surface area contributed by atoms with E-state index in [1.54, 1.807) is 19.1 Å². The highest BCUT2D eigenvalue weighted by Gasteiger charge is 2.27. The normalized spacial score (nSPS) is 13.0. The van der Waals surface area contributed by atoms with Crippen molar-refractivity contribution >= 4 is 62.0 Å². The van der Waals surface area contributed by atoms with Gasteiger partial charge < -0.3 is 15.0 Å². The van der Waals surface area contributed by atoms with Gasteiger partial charge in [0.1, 0.15) is 10.5 Å². The van der Waals surface area contributed by atoms with Gasteiger partial charge in [-0.15, -0.1) is 21.5 Å². The zero-order chi connectivity index (χ0) is 26.1. The first-order valence-corrected chi connectivity index (χ1v) is 14.4. The second kappa shape index (κ2) is 10.5. The smallest absolute Gasteiger partial charge is 0.341 e. The number of hydrogen-bond acceptors (Lipinski definition) is 8. The van der Waals surface area contributed by atoms with Crippen LogP contribution < -0.4 is 5.32 Å². The number of nitrogens with one attached hydrogen (secondary N) is 2. The van der Waals surface area contributed by atoms with Gasteiger partial charge in [0.2, 0.25) is 5.16 Å². The minimum Gasteiger partial charge on any atom is -0.462 e. The summed E-state index contributed by atoms with van der Waals surface area (Å²) in [5.74, 6) is 0.0297. The molecule has 0 spiro atoms. The van der Waals surface area contributed by atoms with Crippen LogP contribution in [-0.4, -0.2) is 38.6 Å². The molecule has 2 N–H and O–H groups in total. The molecule has 0 atom stereocenters. The molecule has 0 saturated heterocycles. The summed E-state index contributed by atoms with van der Waals surface area (Å²) in [7, 11) is 0. The summed E-state index contributed by atoms with van der Waals surface area (Å²) in [4.78, 5) is 34.8. The van der Waals surface area contributed by atoms with Crippen molar-refractivity contribution in [3.8, 4) is 0 Å². The van der Waals surface area contributed by atoms with Gasteiger partial charge in [-0.3, -0.25) is 4.79 Å². The summed E-state index contributed by atoms with van der Waals surface area (Å²) in [6.07, 6.45) is 3.91. The Balaban J connectivity index is 1.14. The first kappa shape index (κ1) is 24.6. The molecule has 0 bridgehead atoms. The van der Waals surface area contributed by atoms with Crippen LogP contribution in [0, 0.1) is 0 Å². The maximum absolute atomic E-state index is 13.1. The van der Waals surface area contributed by atoms with Crippen molar-refractivity contribution < 1.29 is 14.3 Å². The maximum Gasteiger partial charge on any atom is 0.341 e. The number of thioether (sulfide) groups is 1. The summed E-state index contributed by atoms with van der Waals surface area (Å²) < 4.78 is 5.30. The number of aryl methyl sites for hydroxylation is 1. The Labute approximate surface area is 227 Å². The average molecular weight is 544 g/mol. The molecular formula is C28H25N5O3S2. The number of H-pyrrole nitrogens is 1. The number of hydrogen-bond donors (Lipinski definition) is 2. The molecule has 38 heavy (non-hydrogen) atoms. The number of carbonyl (C=O) groups is 2. The second-order valence-corrected chi connectivity index (χ2v) is 11.1. The van der Waals surface area contributed by atoms with E-state index >= 15 is 0 Å². The van der Waals surface area contributed by atoms with Crippen LogP contribution >= 0.6 is 23.1 Å². The number of carbonyl (C=O) groups excluding carboxylic acids is 2. The van der Waals surface area contributed by atoms with Gasteiger partial charge >= 0.3 is 5.97 Å². The van der Waals surface area contributed by atoms with Crippen molar-refractivity contribution in [2.24, 2.45) is 0 Å². The van der Waals surface area contributed by atoms with Crippen LogP contribution in [0.1, 0.15) is 56.5 Å². The number of rotatable bonds is 7. The van der Waals surface area contributed by atoms with Crippen molar-refractivity contribution in [3.63, 3.8) is 0 Å². The molecule has 1 aliphatic carbocycles. The quantitative estimate of drug-likeness (QED) is 0.187. The van der Waals surface area contributed by atoms with Crippen molar-refractivity contribution in [3.05, 3.63) is 75.7 Å². The number of amides is 1. The molecule has 0 fully saturated rings. The number of anilines is 1. The van der Waals surface area contributed by atoms with Crippen molar-refractivity contribution in [2.75, 3.05) is 11.9 Å². The van der Waals surface area contributed by atoms with Crippen LogP contribution in [0.3, 0.4) is 0 Å². The number of aromatic nitrogens is 4. The van der Waals surface area contributed by atoms with E-state index in [9.17, 15) is 9.59 Å². The molecule has 1 amide bonds. The highest BCUT2D eigenvalue weighted by Crippen LogP contribution is 2.39. The predicted octanol–water partition coefficient (Wildman–Crippen LogP) is 6.17. The van der Waals surface area contributed by atoms with E-state index in [1.807, 2.05) is 36.4 Å². The van der Waals surface area contributed by atoms with Gasteiger partial charge in [-0.1, -0.05) is 42.1 Å². The van der Waals surface area contributed by atoms with Gasteiger partial charge in [-0.2, -0.15) is 0 Å². The molecule has 10 heteroatoms. The van der Waals surface area contributed by atoms with Gasteiger partial charge in [0.15, 0.2) is 5.65 Å². The standard InChI is InChI=1S/C28H25N5O3S2/c1-2-36-27(35)22-19-8-4-6-10-21(19)38-26(22)31-25(34)17-13-11-16(12-14-17)15-37-28-30-24-23(32-33-28)18-7-3-5-9-20(18)29-24/h3,5,7,9,11-14H,2,4,6,8,10,15H2,1H3,(H,31,34)(H,29,30,33). The van der Waals surface area contributed by atoms with Gasteiger partial charge in [0.25, 0.3) is 5.91 Å². The van der Waals surface area contributed by atoms with Gasteiger partial charge in [-0.05, 0) is 61.9 Å². The molecule has 5 aromatic rings. The number of esters is 1. The lowest BCUT2D eigenvalue weighted by Crippen LogP contribution is -2.15. The van der Waals surface area contributed by atoms with Crippen molar-refractivity contribution in [1.82, 2.24) is 20.2 Å². The molecule has 3 heterocycles. The lowest BCUT2D eigenvalue weighted by molar-refractivity contribution is 0.0526. The molecule has 1 aliphatic rings. The third kappa shape index (κ3) is 4.77. The van der Waals surface area contributed by atoms with Gasteiger partial charge in [0.05, 0.1) is 12.2 Å². The first-order valence-electron chi connectivity index (χ1n) is 12.6. The minimum atomic E-state index is -0.364. The van der Waals surface area contributed by atoms with E-state index in [1.165, 1.54) is 28.0 Å². The molecular weight excluding hydrogens is 518 g/mol. The largest absolute Gasteiger partial charge is 0.462 e. The minimum absolute atomic E-state index is 0.245. The Kier molecular flexibility index (Phi) is 6.82. The maximum atomic E-state index is 13.1. The number of benzene rings is 2. The van der Waals surface area contributed by atoms with Crippen molar-refractivity contribution in [1.29, 1.82) is 0 Å².